The smallest absolute Gasteiger partial charge is 0.277 e. The lowest BCUT2D eigenvalue weighted by Crippen LogP contribution is -2.08. The minimum atomic E-state index is -2.57. The summed E-state index contributed by atoms with van der Waals surface area (Å²) in [6.45, 7) is 5.76. The third-order valence-electron chi connectivity index (χ3n) is 2.24. The highest BCUT2D eigenvalue weighted by molar-refractivity contribution is 8.09. The van der Waals surface area contributed by atoms with Gasteiger partial charge in [-0.1, -0.05) is 18.2 Å². The first-order chi connectivity index (χ1) is 11.5. The van der Waals surface area contributed by atoms with E-state index in [4.69, 9.17) is 51.4 Å². The number of hydrogen-bond donors (Lipinski definition) is 0. The van der Waals surface area contributed by atoms with Crippen molar-refractivity contribution in [1.29, 1.82) is 0 Å². The van der Waals surface area contributed by atoms with Crippen LogP contribution < -0.4 is 5.30 Å². The largest absolute Gasteiger partial charge is 0.325 e. The number of rotatable bonds is 11. The lowest BCUT2D eigenvalue weighted by molar-refractivity contribution is -0.156. The molecule has 0 radical (unpaired) electrons. The molecule has 0 fully saturated rings. The van der Waals surface area contributed by atoms with Crippen LogP contribution in [0.25, 0.3) is 0 Å². The summed E-state index contributed by atoms with van der Waals surface area (Å²) in [5, 5.41) is 0.747. The quantitative estimate of drug-likeness (QED) is 0.260. The molecular formula is C14H25O6P3S2. The van der Waals surface area contributed by atoms with Gasteiger partial charge in [-0.3, -0.25) is 0 Å². The first-order valence-electron chi connectivity index (χ1n) is 7.60. The summed E-state index contributed by atoms with van der Waals surface area (Å²) < 4.78 is 32.8. The molecule has 144 valence electrons. The van der Waals surface area contributed by atoms with Gasteiger partial charge in [0.05, 0.1) is 12.2 Å². The van der Waals surface area contributed by atoms with Crippen molar-refractivity contribution in [2.75, 3.05) is 13.3 Å². The van der Waals surface area contributed by atoms with Crippen LogP contribution in [-0.2, 0) is 51.4 Å². The highest BCUT2D eigenvalue weighted by Crippen LogP contribution is 2.54. The van der Waals surface area contributed by atoms with Crippen LogP contribution >= 0.6 is 21.4 Å². The Morgan fingerprint density at radius 3 is 1.56 bits per heavy atom. The van der Waals surface area contributed by atoms with Crippen molar-refractivity contribution < 1.29 is 27.7 Å². The average Bonchev–Trinajstić information content (AvgIpc) is 2.45. The van der Waals surface area contributed by atoms with Gasteiger partial charge < -0.3 is 9.05 Å². The molecule has 2 atom stereocenters. The van der Waals surface area contributed by atoms with Crippen molar-refractivity contribution in [2.45, 2.75) is 39.9 Å². The summed E-state index contributed by atoms with van der Waals surface area (Å²) in [5.74, 6) is 0. The first-order valence-corrected chi connectivity index (χ1v) is 15.0. The Morgan fingerprint density at radius 2 is 1.20 bits per heavy atom. The van der Waals surface area contributed by atoms with E-state index in [1.54, 1.807) is 13.3 Å². The molecule has 1 rings (SSSR count). The van der Waals surface area contributed by atoms with Gasteiger partial charge in [-0.2, -0.15) is 18.7 Å². The molecule has 0 spiro atoms. The molecule has 0 aliphatic heterocycles. The van der Waals surface area contributed by atoms with Gasteiger partial charge in [0.2, 0.25) is 13.0 Å². The highest BCUT2D eigenvalue weighted by atomic mass is 32.5. The summed E-state index contributed by atoms with van der Waals surface area (Å²) in [6.07, 6.45) is -0.137. The lowest BCUT2D eigenvalue weighted by Gasteiger charge is -2.24. The van der Waals surface area contributed by atoms with Crippen LogP contribution in [0.15, 0.2) is 30.3 Å². The molecule has 0 bridgehead atoms. The van der Waals surface area contributed by atoms with E-state index in [0.717, 1.165) is 5.30 Å². The van der Waals surface area contributed by atoms with Crippen LogP contribution in [0.4, 0.5) is 0 Å². The second-order valence-corrected chi connectivity index (χ2v) is 14.9. The Hall–Kier alpha value is 0.710. The topological polar surface area (TPSA) is 55.4 Å². The Balaban J connectivity index is 2.78. The monoisotopic (exact) mass is 446 g/mol. The minimum Gasteiger partial charge on any atom is -0.325 e. The molecule has 0 heterocycles. The van der Waals surface area contributed by atoms with Gasteiger partial charge in [0.1, 0.15) is 0 Å². The van der Waals surface area contributed by atoms with Gasteiger partial charge in [-0.15, -0.1) is 0 Å². The Morgan fingerprint density at radius 1 is 0.800 bits per heavy atom. The fourth-order valence-electron chi connectivity index (χ4n) is 1.63. The predicted octanol–water partition coefficient (Wildman–Crippen LogP) is 5.25. The zero-order valence-corrected chi connectivity index (χ0v) is 19.5. The minimum absolute atomic E-state index is 0.0687. The maximum atomic E-state index is 5.58. The van der Waals surface area contributed by atoms with Crippen molar-refractivity contribution in [3.63, 3.8) is 0 Å². The lowest BCUT2D eigenvalue weighted by atomic mass is 10.4. The van der Waals surface area contributed by atoms with E-state index in [1.807, 2.05) is 58.0 Å². The molecule has 0 amide bonds. The molecule has 6 nitrogen and oxygen atoms in total. The Bertz CT molecular complexity index is 580. The molecule has 11 heteroatoms. The van der Waals surface area contributed by atoms with Gasteiger partial charge >= 0.3 is 0 Å². The van der Waals surface area contributed by atoms with Crippen molar-refractivity contribution in [3.05, 3.63) is 30.3 Å². The van der Waals surface area contributed by atoms with Crippen molar-refractivity contribution >= 4 is 50.3 Å². The standard InChI is InChI=1S/C14H25O6P3S2/c1-12(2)15-22(5,24)19-17-21(14-10-8-7-9-11-14)18-20-23(6,25)16-13(3)4/h7-13H,1-6H3. The zero-order chi connectivity index (χ0) is 19.1. The summed E-state index contributed by atoms with van der Waals surface area (Å²) in [6, 6.07) is 9.27. The second-order valence-electron chi connectivity index (χ2n) is 5.74. The number of hydrogen-bond acceptors (Lipinski definition) is 8. The predicted molar refractivity (Wildman–Crippen MR) is 110 cm³/mol. The van der Waals surface area contributed by atoms with E-state index < -0.39 is 21.4 Å². The van der Waals surface area contributed by atoms with Gasteiger partial charge in [0.25, 0.3) is 8.38 Å². The molecule has 2 unspecified atom stereocenters. The van der Waals surface area contributed by atoms with Gasteiger partial charge in [0.15, 0.2) is 0 Å². The Labute approximate surface area is 161 Å². The molecule has 0 aliphatic rings. The van der Waals surface area contributed by atoms with E-state index in [0.29, 0.717) is 0 Å². The fourth-order valence-corrected chi connectivity index (χ4v) is 6.82. The summed E-state index contributed by atoms with van der Waals surface area (Å²) >= 11 is 10.6. The maximum Gasteiger partial charge on any atom is 0.277 e. The van der Waals surface area contributed by atoms with E-state index in [1.165, 1.54) is 0 Å². The van der Waals surface area contributed by atoms with Crippen LogP contribution in [0.3, 0.4) is 0 Å². The highest BCUT2D eigenvalue weighted by Gasteiger charge is 2.25. The summed E-state index contributed by atoms with van der Waals surface area (Å²) in [7, 11) is -1.72. The van der Waals surface area contributed by atoms with E-state index in [2.05, 4.69) is 0 Å². The van der Waals surface area contributed by atoms with Gasteiger partial charge in [0, 0.05) is 18.6 Å². The summed E-state index contributed by atoms with van der Waals surface area (Å²) in [4.78, 5) is 0. The maximum absolute atomic E-state index is 5.58. The van der Waals surface area contributed by atoms with Gasteiger partial charge in [-0.25, -0.2) is 0 Å². The fraction of sp³-hybridized carbons (Fsp3) is 0.571. The molecule has 25 heavy (non-hydrogen) atoms. The van der Waals surface area contributed by atoms with Crippen LogP contribution in [0, 0.1) is 0 Å². The van der Waals surface area contributed by atoms with Crippen molar-refractivity contribution in [1.82, 2.24) is 0 Å². The molecule has 0 N–H and O–H groups in total. The second kappa shape index (κ2) is 10.9. The zero-order valence-electron chi connectivity index (χ0n) is 15.1. The van der Waals surface area contributed by atoms with Crippen LogP contribution in [0.5, 0.6) is 0 Å². The number of benzene rings is 1. The van der Waals surface area contributed by atoms with E-state index in [9.17, 15) is 0 Å². The van der Waals surface area contributed by atoms with E-state index >= 15 is 0 Å². The molecular weight excluding hydrogens is 421 g/mol. The van der Waals surface area contributed by atoms with Crippen LogP contribution in [0.1, 0.15) is 27.7 Å². The molecule has 0 saturated heterocycles. The molecule has 0 aromatic heterocycles. The normalized spacial score (nSPS) is 18.1. The van der Waals surface area contributed by atoms with Gasteiger partial charge in [-0.05, 0) is 63.4 Å². The van der Waals surface area contributed by atoms with Crippen molar-refractivity contribution in [2.24, 2.45) is 0 Å². The third-order valence-corrected chi connectivity index (χ3v) is 6.80. The van der Waals surface area contributed by atoms with Crippen molar-refractivity contribution in [3.8, 4) is 0 Å². The third kappa shape index (κ3) is 10.6. The molecule has 0 saturated carbocycles. The SMILES string of the molecule is CC(C)OP(C)(=S)OOP(OOP(C)(=S)OC(C)C)c1ccccc1. The Kier molecular flexibility index (Phi) is 10.3. The molecule has 1 aromatic carbocycles. The van der Waals surface area contributed by atoms with Crippen LogP contribution in [-0.4, -0.2) is 25.5 Å². The van der Waals surface area contributed by atoms with Crippen LogP contribution in [0.2, 0.25) is 0 Å². The van der Waals surface area contributed by atoms with E-state index in [-0.39, 0.29) is 12.2 Å². The summed E-state index contributed by atoms with van der Waals surface area (Å²) in [5.41, 5.74) is 0. The molecule has 0 aliphatic carbocycles. The average molecular weight is 446 g/mol. The molecule has 1 aromatic rings. The first kappa shape index (κ1) is 23.7.